The summed E-state index contributed by atoms with van der Waals surface area (Å²) < 4.78 is 0. The number of nitrogens with two attached hydrogens (primary N) is 1. The topological polar surface area (TPSA) is 66.7 Å². The van der Waals surface area contributed by atoms with Crippen molar-refractivity contribution < 1.29 is 0 Å². The van der Waals surface area contributed by atoms with Crippen molar-refractivity contribution in [1.82, 2.24) is 15.3 Å². The Kier molecular flexibility index (Phi) is 2.42. The Balaban J connectivity index is 2.00. The first kappa shape index (κ1) is 10.7. The van der Waals surface area contributed by atoms with Gasteiger partial charge >= 0.3 is 0 Å². The number of fused-ring (bicyclic) bond motifs is 1. The zero-order chi connectivity index (χ0) is 11.9. The van der Waals surface area contributed by atoms with E-state index in [-0.39, 0.29) is 5.41 Å². The highest BCUT2D eigenvalue weighted by Gasteiger charge is 2.48. The van der Waals surface area contributed by atoms with Crippen LogP contribution in [0.25, 0.3) is 11.0 Å². The molecule has 2 aromatic rings. The lowest BCUT2D eigenvalue weighted by Gasteiger charge is -2.25. The van der Waals surface area contributed by atoms with Crippen molar-refractivity contribution in [3.63, 3.8) is 0 Å². The van der Waals surface area contributed by atoms with Crippen LogP contribution < -0.4 is 11.1 Å². The monoisotopic (exact) mass is 230 g/mol. The molecule has 1 aromatic carbocycles. The molecule has 1 unspecified atom stereocenters. The number of benzene rings is 1. The predicted octanol–water partition coefficient (Wildman–Crippen LogP) is 1.56. The number of nitrogens with one attached hydrogen (secondary N) is 2. The number of rotatable bonds is 4. The zero-order valence-corrected chi connectivity index (χ0v) is 10.0. The van der Waals surface area contributed by atoms with Crippen LogP contribution in [0.15, 0.2) is 24.5 Å². The molecule has 0 radical (unpaired) electrons. The summed E-state index contributed by atoms with van der Waals surface area (Å²) in [7, 11) is 2.01. The van der Waals surface area contributed by atoms with Crippen molar-refractivity contribution in [2.75, 3.05) is 13.6 Å². The number of imidazole rings is 1. The van der Waals surface area contributed by atoms with Gasteiger partial charge in [-0.25, -0.2) is 4.98 Å². The van der Waals surface area contributed by atoms with Gasteiger partial charge in [-0.05, 0) is 44.1 Å². The first-order chi connectivity index (χ1) is 8.29. The van der Waals surface area contributed by atoms with Crippen LogP contribution >= 0.6 is 0 Å². The third kappa shape index (κ3) is 1.64. The van der Waals surface area contributed by atoms with Crippen molar-refractivity contribution >= 4 is 11.0 Å². The molecule has 0 amide bonds. The van der Waals surface area contributed by atoms with Crippen LogP contribution in [0.2, 0.25) is 0 Å². The van der Waals surface area contributed by atoms with Gasteiger partial charge < -0.3 is 16.0 Å². The fraction of sp³-hybridized carbons (Fsp3) is 0.462. The van der Waals surface area contributed by atoms with E-state index in [2.05, 4.69) is 33.5 Å². The van der Waals surface area contributed by atoms with Crippen LogP contribution in [-0.4, -0.2) is 23.6 Å². The molecule has 4 nitrogen and oxygen atoms in total. The van der Waals surface area contributed by atoms with E-state index in [4.69, 9.17) is 5.73 Å². The zero-order valence-electron chi connectivity index (χ0n) is 10.0. The summed E-state index contributed by atoms with van der Waals surface area (Å²) in [6, 6.07) is 6.75. The van der Waals surface area contributed by atoms with Gasteiger partial charge in [0.05, 0.1) is 17.4 Å². The van der Waals surface area contributed by atoms with Crippen molar-refractivity contribution in [1.29, 1.82) is 0 Å². The van der Waals surface area contributed by atoms with Crippen molar-refractivity contribution in [2.45, 2.75) is 18.9 Å². The van der Waals surface area contributed by atoms with Gasteiger partial charge in [-0.2, -0.15) is 0 Å². The number of hydrogen-bond donors (Lipinski definition) is 3. The molecule has 0 bridgehead atoms. The average molecular weight is 230 g/mol. The molecule has 1 atom stereocenters. The van der Waals surface area contributed by atoms with Gasteiger partial charge in [-0.3, -0.25) is 0 Å². The van der Waals surface area contributed by atoms with E-state index in [9.17, 15) is 0 Å². The summed E-state index contributed by atoms with van der Waals surface area (Å²) in [6.45, 7) is 0.750. The number of hydrogen-bond acceptors (Lipinski definition) is 3. The molecule has 1 fully saturated rings. The SMILES string of the molecule is CNC(c1ccc2nc[nH]c2c1)C1(CN)CC1. The number of aromatic nitrogens is 2. The molecule has 0 saturated heterocycles. The van der Waals surface area contributed by atoms with Gasteiger partial charge in [0, 0.05) is 11.5 Å². The van der Waals surface area contributed by atoms with E-state index in [1.54, 1.807) is 6.33 Å². The number of nitrogens with zero attached hydrogens (tertiary/aromatic N) is 1. The lowest BCUT2D eigenvalue weighted by atomic mass is 9.90. The fourth-order valence-electron chi connectivity index (χ4n) is 2.73. The average Bonchev–Trinajstić information content (AvgIpc) is 3.00. The van der Waals surface area contributed by atoms with Crippen molar-refractivity contribution in [3.05, 3.63) is 30.1 Å². The van der Waals surface area contributed by atoms with Gasteiger partial charge in [0.2, 0.25) is 0 Å². The Labute approximate surface area is 101 Å². The molecule has 4 N–H and O–H groups in total. The molecule has 90 valence electrons. The molecular weight excluding hydrogens is 212 g/mol. The molecular formula is C13H18N4. The lowest BCUT2D eigenvalue weighted by molar-refractivity contribution is 0.367. The van der Waals surface area contributed by atoms with E-state index in [0.29, 0.717) is 6.04 Å². The fourth-order valence-corrected chi connectivity index (χ4v) is 2.73. The van der Waals surface area contributed by atoms with Crippen LogP contribution in [0.1, 0.15) is 24.4 Å². The van der Waals surface area contributed by atoms with E-state index in [0.717, 1.165) is 17.6 Å². The largest absolute Gasteiger partial charge is 0.345 e. The Morgan fingerprint density at radius 3 is 3.00 bits per heavy atom. The minimum absolute atomic E-state index is 0.266. The summed E-state index contributed by atoms with van der Waals surface area (Å²) in [5.41, 5.74) is 9.59. The van der Waals surface area contributed by atoms with Gasteiger partial charge in [0.25, 0.3) is 0 Å². The molecule has 0 aliphatic heterocycles. The highest BCUT2D eigenvalue weighted by atomic mass is 14.9. The quantitative estimate of drug-likeness (QED) is 0.746. The summed E-state index contributed by atoms with van der Waals surface area (Å²) in [5, 5.41) is 3.41. The highest BCUT2D eigenvalue weighted by Crippen LogP contribution is 2.54. The number of H-pyrrole nitrogens is 1. The molecule has 3 rings (SSSR count). The Hall–Kier alpha value is -1.39. The minimum Gasteiger partial charge on any atom is -0.345 e. The second kappa shape index (κ2) is 3.82. The van der Waals surface area contributed by atoms with Crippen LogP contribution in [-0.2, 0) is 0 Å². The maximum Gasteiger partial charge on any atom is 0.0931 e. The van der Waals surface area contributed by atoms with E-state index in [1.807, 2.05) is 7.05 Å². The van der Waals surface area contributed by atoms with Crippen LogP contribution in [0.4, 0.5) is 0 Å². The molecule has 1 saturated carbocycles. The highest BCUT2D eigenvalue weighted by molar-refractivity contribution is 5.75. The van der Waals surface area contributed by atoms with Crippen LogP contribution in [0, 0.1) is 5.41 Å². The maximum absolute atomic E-state index is 5.92. The van der Waals surface area contributed by atoms with E-state index >= 15 is 0 Å². The third-order valence-corrected chi connectivity index (χ3v) is 3.98. The first-order valence-electron chi connectivity index (χ1n) is 6.09. The van der Waals surface area contributed by atoms with Gasteiger partial charge in [0.1, 0.15) is 0 Å². The normalized spacial score (nSPS) is 19.4. The van der Waals surface area contributed by atoms with Crippen molar-refractivity contribution in [3.8, 4) is 0 Å². The third-order valence-electron chi connectivity index (χ3n) is 3.98. The molecule has 4 heteroatoms. The number of aromatic amines is 1. The smallest absolute Gasteiger partial charge is 0.0931 e. The molecule has 1 aliphatic carbocycles. The standard InChI is InChI=1S/C13H18N4/c1-15-12(13(7-14)4-5-13)9-2-3-10-11(6-9)17-8-16-10/h2-3,6,8,12,15H,4-5,7,14H2,1H3,(H,16,17). The molecule has 1 heterocycles. The van der Waals surface area contributed by atoms with E-state index in [1.165, 1.54) is 18.4 Å². The maximum atomic E-state index is 5.92. The molecule has 0 spiro atoms. The second-order valence-corrected chi connectivity index (χ2v) is 4.97. The Morgan fingerprint density at radius 2 is 2.35 bits per heavy atom. The van der Waals surface area contributed by atoms with Crippen LogP contribution in [0.3, 0.4) is 0 Å². The summed E-state index contributed by atoms with van der Waals surface area (Å²) >= 11 is 0. The van der Waals surface area contributed by atoms with E-state index < -0.39 is 0 Å². The predicted molar refractivity (Wildman–Crippen MR) is 68.6 cm³/mol. The van der Waals surface area contributed by atoms with Crippen LogP contribution in [0.5, 0.6) is 0 Å². The molecule has 1 aliphatic rings. The van der Waals surface area contributed by atoms with Gasteiger partial charge in [0.15, 0.2) is 0 Å². The van der Waals surface area contributed by atoms with Crippen molar-refractivity contribution in [2.24, 2.45) is 11.1 Å². The molecule has 17 heavy (non-hydrogen) atoms. The first-order valence-corrected chi connectivity index (χ1v) is 6.09. The second-order valence-electron chi connectivity index (χ2n) is 4.97. The van der Waals surface area contributed by atoms with Gasteiger partial charge in [-0.1, -0.05) is 6.07 Å². The Morgan fingerprint density at radius 1 is 1.53 bits per heavy atom. The molecule has 1 aromatic heterocycles. The summed E-state index contributed by atoms with van der Waals surface area (Å²) in [4.78, 5) is 7.40. The summed E-state index contributed by atoms with van der Waals surface area (Å²) in [6.07, 6.45) is 4.17. The minimum atomic E-state index is 0.266. The lowest BCUT2D eigenvalue weighted by Crippen LogP contribution is -2.32. The summed E-state index contributed by atoms with van der Waals surface area (Å²) in [5.74, 6) is 0. The van der Waals surface area contributed by atoms with Gasteiger partial charge in [-0.15, -0.1) is 0 Å². The Bertz CT molecular complexity index is 527.